The Morgan fingerprint density at radius 3 is 2.52 bits per heavy atom. The maximum atomic E-state index is 2.48. The van der Waals surface area contributed by atoms with E-state index in [4.69, 9.17) is 0 Å². The zero-order valence-electron chi connectivity index (χ0n) is 13.4. The Hall–Kier alpha value is -1.76. The first-order valence-corrected chi connectivity index (χ1v) is 7.92. The van der Waals surface area contributed by atoms with Crippen LogP contribution in [-0.2, 0) is 11.8 Å². The van der Waals surface area contributed by atoms with Gasteiger partial charge in [-0.2, -0.15) is 0 Å². The van der Waals surface area contributed by atoms with E-state index in [1.54, 1.807) is 5.56 Å². The molecule has 2 atom stereocenters. The first-order chi connectivity index (χ1) is 9.97. The molecule has 0 amide bonds. The second kappa shape index (κ2) is 4.13. The summed E-state index contributed by atoms with van der Waals surface area (Å²) < 4.78 is 0. The van der Waals surface area contributed by atoms with Crippen LogP contribution in [0.3, 0.4) is 0 Å². The van der Waals surface area contributed by atoms with Gasteiger partial charge in [-0.15, -0.1) is 0 Å². The molecule has 4 rings (SSSR count). The summed E-state index contributed by atoms with van der Waals surface area (Å²) in [5.74, 6) is 0.629. The van der Waals surface area contributed by atoms with E-state index in [9.17, 15) is 0 Å². The van der Waals surface area contributed by atoms with Crippen LogP contribution in [0, 0.1) is 0 Å². The number of rotatable bonds is 0. The number of anilines is 1. The molecular formula is C20H23N. The fraction of sp³-hybridized carbons (Fsp3) is 0.400. The highest BCUT2D eigenvalue weighted by Crippen LogP contribution is 2.54. The van der Waals surface area contributed by atoms with Crippen molar-refractivity contribution in [1.29, 1.82) is 0 Å². The lowest BCUT2D eigenvalue weighted by Crippen LogP contribution is -2.19. The topological polar surface area (TPSA) is 3.24 Å². The first kappa shape index (κ1) is 12.9. The van der Waals surface area contributed by atoms with Gasteiger partial charge in [-0.25, -0.2) is 0 Å². The third-order valence-corrected chi connectivity index (χ3v) is 5.28. The van der Waals surface area contributed by atoms with Crippen molar-refractivity contribution in [3.05, 3.63) is 64.7 Å². The van der Waals surface area contributed by atoms with E-state index in [0.29, 0.717) is 12.0 Å². The third kappa shape index (κ3) is 1.76. The second-order valence-electron chi connectivity index (χ2n) is 7.59. The third-order valence-electron chi connectivity index (χ3n) is 5.28. The molecule has 1 heteroatoms. The molecule has 0 N–H and O–H groups in total. The predicted molar refractivity (Wildman–Crippen MR) is 89.2 cm³/mol. The minimum absolute atomic E-state index is 0.219. The molecule has 2 aromatic carbocycles. The minimum Gasteiger partial charge on any atom is -0.367 e. The van der Waals surface area contributed by atoms with E-state index in [2.05, 4.69) is 75.2 Å². The number of hydrogen-bond donors (Lipinski definition) is 0. The summed E-state index contributed by atoms with van der Waals surface area (Å²) in [6.45, 7) is 6.90. The molecular weight excluding hydrogens is 254 g/mol. The molecule has 21 heavy (non-hydrogen) atoms. The van der Waals surface area contributed by atoms with Crippen LogP contribution in [0.1, 0.15) is 55.0 Å². The molecule has 1 heterocycles. The van der Waals surface area contributed by atoms with Gasteiger partial charge in [0.1, 0.15) is 0 Å². The summed E-state index contributed by atoms with van der Waals surface area (Å²) in [4.78, 5) is 2.48. The van der Waals surface area contributed by atoms with E-state index in [0.717, 1.165) is 0 Å². The van der Waals surface area contributed by atoms with Gasteiger partial charge in [-0.05, 0) is 40.2 Å². The highest BCUT2D eigenvalue weighted by Gasteiger charge is 2.43. The quantitative estimate of drug-likeness (QED) is 0.667. The molecule has 2 aromatic rings. The second-order valence-corrected chi connectivity index (χ2v) is 7.59. The molecule has 0 saturated carbocycles. The molecule has 0 bridgehead atoms. The largest absolute Gasteiger partial charge is 0.367 e. The molecule has 1 aliphatic heterocycles. The monoisotopic (exact) mass is 277 g/mol. The highest BCUT2D eigenvalue weighted by atomic mass is 15.2. The van der Waals surface area contributed by atoms with Gasteiger partial charge in [0, 0.05) is 18.7 Å². The van der Waals surface area contributed by atoms with Crippen molar-refractivity contribution in [3.63, 3.8) is 0 Å². The van der Waals surface area contributed by atoms with Gasteiger partial charge >= 0.3 is 0 Å². The van der Waals surface area contributed by atoms with Gasteiger partial charge in [0.2, 0.25) is 0 Å². The van der Waals surface area contributed by atoms with E-state index in [1.807, 2.05) is 0 Å². The zero-order valence-corrected chi connectivity index (χ0v) is 13.4. The van der Waals surface area contributed by atoms with Gasteiger partial charge in [-0.3, -0.25) is 0 Å². The van der Waals surface area contributed by atoms with Crippen molar-refractivity contribution in [3.8, 4) is 0 Å². The molecule has 0 unspecified atom stereocenters. The maximum Gasteiger partial charge on any atom is 0.0614 e. The molecule has 0 saturated heterocycles. The summed E-state index contributed by atoms with van der Waals surface area (Å²) >= 11 is 0. The van der Waals surface area contributed by atoms with Gasteiger partial charge in [0.25, 0.3) is 0 Å². The SMILES string of the molecule is CN1c2ccc(C(C)(C)C)cc2[C@H]2Cc3ccccc3[C@H]21. The van der Waals surface area contributed by atoms with Crippen LogP contribution < -0.4 is 4.90 Å². The Kier molecular flexibility index (Phi) is 2.54. The Morgan fingerprint density at radius 2 is 1.76 bits per heavy atom. The Balaban J connectivity index is 1.84. The lowest BCUT2D eigenvalue weighted by Gasteiger charge is -2.23. The Bertz CT molecular complexity index is 708. The van der Waals surface area contributed by atoms with Crippen LogP contribution in [0.2, 0.25) is 0 Å². The predicted octanol–water partition coefficient (Wildman–Crippen LogP) is 4.81. The normalized spacial score (nSPS) is 23.0. The van der Waals surface area contributed by atoms with E-state index >= 15 is 0 Å². The molecule has 0 spiro atoms. The standard InChI is InChI=1S/C20H23N/c1-20(2,3)14-9-10-18-16(12-14)17-11-13-7-5-6-8-15(13)19(17)21(18)4/h5-10,12,17,19H,11H2,1-4H3/t17-,19-/m1/s1. The fourth-order valence-corrected chi connectivity index (χ4v) is 4.12. The Morgan fingerprint density at radius 1 is 1.00 bits per heavy atom. The van der Waals surface area contributed by atoms with Gasteiger partial charge in [0.05, 0.1) is 6.04 Å². The number of likely N-dealkylation sites (N-methyl/N-ethyl adjacent to an activating group) is 1. The van der Waals surface area contributed by atoms with Crippen molar-refractivity contribution in [2.24, 2.45) is 0 Å². The van der Waals surface area contributed by atoms with Crippen LogP contribution in [0.15, 0.2) is 42.5 Å². The van der Waals surface area contributed by atoms with Crippen LogP contribution in [0.25, 0.3) is 0 Å². The molecule has 2 aliphatic rings. The van der Waals surface area contributed by atoms with Crippen molar-refractivity contribution in [2.45, 2.75) is 44.6 Å². The highest BCUT2D eigenvalue weighted by molar-refractivity contribution is 5.67. The number of nitrogens with zero attached hydrogens (tertiary/aromatic N) is 1. The zero-order chi connectivity index (χ0) is 14.8. The van der Waals surface area contributed by atoms with Crippen LogP contribution in [-0.4, -0.2) is 7.05 Å². The van der Waals surface area contributed by atoms with E-state index in [1.165, 1.54) is 28.8 Å². The van der Waals surface area contributed by atoms with Crippen molar-refractivity contribution >= 4 is 5.69 Å². The number of hydrogen-bond acceptors (Lipinski definition) is 1. The van der Waals surface area contributed by atoms with Crippen molar-refractivity contribution < 1.29 is 0 Å². The van der Waals surface area contributed by atoms with Crippen LogP contribution in [0.4, 0.5) is 5.69 Å². The molecule has 1 aliphatic carbocycles. The van der Waals surface area contributed by atoms with Gasteiger partial charge < -0.3 is 4.90 Å². The summed E-state index contributed by atoms with van der Waals surface area (Å²) in [5, 5.41) is 0. The fourth-order valence-electron chi connectivity index (χ4n) is 4.12. The molecule has 0 radical (unpaired) electrons. The smallest absolute Gasteiger partial charge is 0.0614 e. The maximum absolute atomic E-state index is 2.48. The summed E-state index contributed by atoms with van der Waals surface area (Å²) in [6, 6.07) is 16.6. The molecule has 0 aromatic heterocycles. The van der Waals surface area contributed by atoms with Gasteiger partial charge in [0.15, 0.2) is 0 Å². The summed E-state index contributed by atoms with van der Waals surface area (Å²) in [5.41, 5.74) is 7.70. The lowest BCUT2D eigenvalue weighted by atomic mass is 9.84. The van der Waals surface area contributed by atoms with Crippen LogP contribution >= 0.6 is 0 Å². The summed E-state index contributed by atoms with van der Waals surface area (Å²) in [6.07, 6.45) is 1.19. The van der Waals surface area contributed by atoms with Crippen molar-refractivity contribution in [1.82, 2.24) is 0 Å². The first-order valence-electron chi connectivity index (χ1n) is 7.92. The Labute approximate surface area is 127 Å². The molecule has 0 fully saturated rings. The van der Waals surface area contributed by atoms with E-state index < -0.39 is 0 Å². The molecule has 1 nitrogen and oxygen atoms in total. The van der Waals surface area contributed by atoms with Crippen molar-refractivity contribution in [2.75, 3.05) is 11.9 Å². The average Bonchev–Trinajstić information content (AvgIpc) is 2.95. The van der Waals surface area contributed by atoms with Gasteiger partial charge in [-0.1, -0.05) is 57.2 Å². The summed E-state index contributed by atoms with van der Waals surface area (Å²) in [7, 11) is 2.25. The van der Waals surface area contributed by atoms with E-state index in [-0.39, 0.29) is 5.41 Å². The molecule has 108 valence electrons. The average molecular weight is 277 g/mol. The number of benzene rings is 2. The number of fused-ring (bicyclic) bond motifs is 5. The van der Waals surface area contributed by atoms with Crippen LogP contribution in [0.5, 0.6) is 0 Å². The lowest BCUT2D eigenvalue weighted by molar-refractivity contribution is 0.585. The minimum atomic E-state index is 0.219.